The molecule has 0 saturated heterocycles. The zero-order chi connectivity index (χ0) is 23.3. The van der Waals surface area contributed by atoms with Crippen molar-refractivity contribution >= 4 is 46.2 Å². The van der Waals surface area contributed by atoms with Gasteiger partial charge in [-0.25, -0.2) is 4.79 Å². The van der Waals surface area contributed by atoms with Crippen molar-refractivity contribution in [1.82, 2.24) is 0 Å². The number of aliphatic carboxylic acids is 1. The first-order valence-corrected chi connectivity index (χ1v) is 9.44. The number of nitrogens with zero attached hydrogens (tertiary/aromatic N) is 2. The van der Waals surface area contributed by atoms with E-state index >= 15 is 0 Å². The predicted octanol–water partition coefficient (Wildman–Crippen LogP) is 3.89. The molecule has 0 bridgehead atoms. The van der Waals surface area contributed by atoms with Gasteiger partial charge in [0.25, 0.3) is 5.91 Å². The van der Waals surface area contributed by atoms with Crippen molar-refractivity contribution in [2.24, 2.45) is 5.92 Å². The van der Waals surface area contributed by atoms with Crippen LogP contribution in [0.1, 0.15) is 30.6 Å². The molecule has 0 aliphatic carbocycles. The maximum Gasteiger partial charge on any atom is 0.326 e. The number of carbonyl (C=O) groups is 2. The molecule has 11 nitrogen and oxygen atoms in total. The van der Waals surface area contributed by atoms with Crippen LogP contribution in [0.3, 0.4) is 0 Å². The second-order valence-electron chi connectivity index (χ2n) is 7.06. The lowest BCUT2D eigenvalue weighted by Gasteiger charge is -2.38. The third-order valence-corrected chi connectivity index (χ3v) is 4.45. The van der Waals surface area contributed by atoms with Crippen molar-refractivity contribution in [2.45, 2.75) is 26.3 Å². The first-order valence-electron chi connectivity index (χ1n) is 9.06. The maximum absolute atomic E-state index is 12.9. The molecule has 2 aromatic rings. The van der Waals surface area contributed by atoms with Crippen LogP contribution in [0.25, 0.3) is 0 Å². The monoisotopic (exact) mass is 452 g/mol. The van der Waals surface area contributed by atoms with Gasteiger partial charge in [-0.15, -0.1) is 5.23 Å². The summed E-state index contributed by atoms with van der Waals surface area (Å²) in [5.41, 5.74) is -1.51. The minimum absolute atomic E-state index is 0.0548. The fourth-order valence-electron chi connectivity index (χ4n) is 2.80. The summed E-state index contributed by atoms with van der Waals surface area (Å²) in [6.07, 6.45) is 0.140. The standard InChI is InChI=1S/C19H21ClN4O7/c1-10(2)7-15(19(26)27)22-17-14(8-13(23(28)29)9-16(17)24(30)31)18(25)21-12-5-3-11(20)4-6-12/h3-6,8-10,15,22,30-31H,7H2,1-2H3,(H,21,25)(H,26,27)/q-2/t15-/m0/s1. The van der Waals surface area contributed by atoms with Gasteiger partial charge >= 0.3 is 5.97 Å². The summed E-state index contributed by atoms with van der Waals surface area (Å²) in [6, 6.07) is 6.53. The van der Waals surface area contributed by atoms with Crippen LogP contribution >= 0.6 is 11.6 Å². The molecule has 0 aliphatic heterocycles. The smallest absolute Gasteiger partial charge is 0.326 e. The summed E-state index contributed by atoms with van der Waals surface area (Å²) in [7, 11) is 0. The number of halogens is 1. The number of hydrogen-bond acceptors (Lipinski definition) is 9. The molecule has 0 unspecified atom stereocenters. The Morgan fingerprint density at radius 3 is 2.23 bits per heavy atom. The van der Waals surface area contributed by atoms with E-state index in [1.165, 1.54) is 24.3 Å². The number of carboxylic acids is 1. The second kappa shape index (κ2) is 10.3. The third kappa shape index (κ3) is 6.44. The fourth-order valence-corrected chi connectivity index (χ4v) is 2.93. The van der Waals surface area contributed by atoms with E-state index in [0.29, 0.717) is 10.7 Å². The highest BCUT2D eigenvalue weighted by Gasteiger charge is 2.26. The SMILES string of the molecule is CC(C)C[C@H](Nc1c(C(=O)Nc2ccc(Cl)cc2)cc(N([O-])[O-])cc1N(O)O)C(=O)O. The van der Waals surface area contributed by atoms with Crippen LogP contribution in [0.2, 0.25) is 5.02 Å². The molecular formula is C19H21ClN4O7-2. The molecule has 0 aromatic heterocycles. The molecule has 168 valence electrons. The summed E-state index contributed by atoms with van der Waals surface area (Å²) in [6.45, 7) is 3.57. The largest absolute Gasteiger partial charge is 0.769 e. The number of carbonyl (C=O) groups excluding carboxylic acids is 1. The van der Waals surface area contributed by atoms with Crippen LogP contribution in [-0.4, -0.2) is 33.4 Å². The Morgan fingerprint density at radius 2 is 1.74 bits per heavy atom. The molecule has 0 fully saturated rings. The van der Waals surface area contributed by atoms with Crippen molar-refractivity contribution in [3.8, 4) is 0 Å². The first kappa shape index (κ1) is 24.2. The predicted molar refractivity (Wildman–Crippen MR) is 116 cm³/mol. The molecule has 1 amide bonds. The summed E-state index contributed by atoms with van der Waals surface area (Å²) in [5, 5.41) is 55.6. The third-order valence-electron chi connectivity index (χ3n) is 4.20. The Hall–Kier alpha value is -3.09. The highest BCUT2D eigenvalue weighted by atomic mass is 35.5. The van der Waals surface area contributed by atoms with Crippen molar-refractivity contribution in [2.75, 3.05) is 21.1 Å². The van der Waals surface area contributed by atoms with Crippen LogP contribution in [0, 0.1) is 16.3 Å². The van der Waals surface area contributed by atoms with Crippen LogP contribution in [0.5, 0.6) is 0 Å². The number of nitrogens with one attached hydrogen (secondary N) is 2. The first-order chi connectivity index (χ1) is 14.5. The lowest BCUT2D eigenvalue weighted by atomic mass is 10.0. The average molecular weight is 453 g/mol. The van der Waals surface area contributed by atoms with Gasteiger partial charge < -0.3 is 31.4 Å². The van der Waals surface area contributed by atoms with E-state index in [4.69, 9.17) is 11.6 Å². The zero-order valence-corrected chi connectivity index (χ0v) is 17.3. The molecule has 12 heteroatoms. The van der Waals surface area contributed by atoms with Gasteiger partial charge in [0.1, 0.15) is 11.7 Å². The number of amides is 1. The Labute approximate surface area is 182 Å². The van der Waals surface area contributed by atoms with Crippen LogP contribution in [0.4, 0.5) is 22.7 Å². The van der Waals surface area contributed by atoms with E-state index in [2.05, 4.69) is 10.6 Å². The minimum Gasteiger partial charge on any atom is -0.769 e. The average Bonchev–Trinajstić information content (AvgIpc) is 2.68. The second-order valence-corrected chi connectivity index (χ2v) is 7.50. The molecule has 0 heterocycles. The summed E-state index contributed by atoms with van der Waals surface area (Å²) < 4.78 is 0. The van der Waals surface area contributed by atoms with Gasteiger partial charge in [0, 0.05) is 16.4 Å². The number of carboxylic acid groups (broad SMARTS) is 1. The van der Waals surface area contributed by atoms with Gasteiger partial charge in [-0.2, -0.15) is 0 Å². The van der Waals surface area contributed by atoms with Crippen LogP contribution in [0.15, 0.2) is 36.4 Å². The van der Waals surface area contributed by atoms with E-state index in [9.17, 15) is 35.5 Å². The number of benzene rings is 2. The van der Waals surface area contributed by atoms with Crippen molar-refractivity contribution in [1.29, 1.82) is 0 Å². The van der Waals surface area contributed by atoms with Crippen molar-refractivity contribution in [3.63, 3.8) is 0 Å². The topological polar surface area (TPSA) is 171 Å². The summed E-state index contributed by atoms with van der Waals surface area (Å²) in [5.74, 6) is -2.14. The van der Waals surface area contributed by atoms with E-state index in [1.54, 1.807) is 13.8 Å². The number of rotatable bonds is 9. The molecular weight excluding hydrogens is 432 g/mol. The van der Waals surface area contributed by atoms with Crippen molar-refractivity contribution < 1.29 is 25.1 Å². The number of anilines is 4. The van der Waals surface area contributed by atoms with Crippen molar-refractivity contribution in [3.05, 3.63) is 57.4 Å². The molecule has 1 atom stereocenters. The number of hydrogen-bond donors (Lipinski definition) is 5. The van der Waals surface area contributed by atoms with Crippen LogP contribution in [-0.2, 0) is 4.79 Å². The molecule has 0 spiro atoms. The molecule has 31 heavy (non-hydrogen) atoms. The van der Waals surface area contributed by atoms with Gasteiger partial charge in [0.15, 0.2) is 0 Å². The van der Waals surface area contributed by atoms with E-state index < -0.39 is 39.7 Å². The summed E-state index contributed by atoms with van der Waals surface area (Å²) in [4.78, 5) is 24.6. The molecule has 0 radical (unpaired) electrons. The Bertz CT molecular complexity index is 936. The molecule has 0 saturated carbocycles. The van der Waals surface area contributed by atoms with Gasteiger partial charge in [-0.05, 0) is 48.7 Å². The highest BCUT2D eigenvalue weighted by Crippen LogP contribution is 2.35. The molecule has 2 rings (SSSR count). The molecule has 5 N–H and O–H groups in total. The van der Waals surface area contributed by atoms with Gasteiger partial charge in [0.2, 0.25) is 0 Å². The Balaban J connectivity index is 2.57. The minimum atomic E-state index is -1.25. The lowest BCUT2D eigenvalue weighted by molar-refractivity contribution is -0.138. The van der Waals surface area contributed by atoms with Gasteiger partial charge in [0.05, 0.1) is 11.3 Å². The molecule has 2 aromatic carbocycles. The van der Waals surface area contributed by atoms with E-state index in [-0.39, 0.29) is 23.6 Å². The van der Waals surface area contributed by atoms with E-state index in [1.807, 2.05) is 0 Å². The van der Waals surface area contributed by atoms with E-state index in [0.717, 1.165) is 12.1 Å². The summed E-state index contributed by atoms with van der Waals surface area (Å²) >= 11 is 5.82. The van der Waals surface area contributed by atoms with Gasteiger partial charge in [-0.1, -0.05) is 25.4 Å². The Kier molecular flexibility index (Phi) is 8.02. The van der Waals surface area contributed by atoms with Crippen LogP contribution < -0.4 is 21.1 Å². The lowest BCUT2D eigenvalue weighted by Crippen LogP contribution is -2.33. The highest BCUT2D eigenvalue weighted by molar-refractivity contribution is 6.30. The zero-order valence-electron chi connectivity index (χ0n) is 16.6. The van der Waals surface area contributed by atoms with Gasteiger partial charge in [-0.3, -0.25) is 15.2 Å². The molecule has 0 aliphatic rings. The normalized spacial score (nSPS) is 11.7. The Morgan fingerprint density at radius 1 is 1.13 bits per heavy atom. The quantitative estimate of drug-likeness (QED) is 0.351. The maximum atomic E-state index is 12.9. The fraction of sp³-hybridized carbons (Fsp3) is 0.263.